The van der Waals surface area contributed by atoms with Crippen LogP contribution in [0.25, 0.3) is 0 Å². The number of rotatable bonds is 3. The van der Waals surface area contributed by atoms with Crippen LogP contribution in [0.3, 0.4) is 0 Å². The fourth-order valence-corrected chi connectivity index (χ4v) is 3.23. The van der Waals surface area contributed by atoms with Gasteiger partial charge in [0.2, 0.25) is 5.91 Å². The SMILES string of the molecule is O=C1CSc2ccc(C(=O)NC(c3ccccc3)C(F)(F)F)cc2N1. The normalized spacial score (nSPS) is 15.1. The summed E-state index contributed by atoms with van der Waals surface area (Å²) in [5.41, 5.74) is 0.425. The van der Waals surface area contributed by atoms with Crippen molar-refractivity contribution in [1.82, 2.24) is 5.32 Å². The Morgan fingerprint density at radius 1 is 1.16 bits per heavy atom. The highest BCUT2D eigenvalue weighted by Gasteiger charge is 2.42. The zero-order valence-electron chi connectivity index (χ0n) is 12.8. The Morgan fingerprint density at radius 2 is 1.88 bits per heavy atom. The Hall–Kier alpha value is -2.48. The molecule has 0 saturated carbocycles. The van der Waals surface area contributed by atoms with E-state index in [1.807, 2.05) is 5.32 Å². The van der Waals surface area contributed by atoms with E-state index in [-0.39, 0.29) is 22.8 Å². The van der Waals surface area contributed by atoms with Crippen LogP contribution < -0.4 is 10.6 Å². The van der Waals surface area contributed by atoms with E-state index in [4.69, 9.17) is 0 Å². The van der Waals surface area contributed by atoms with Gasteiger partial charge in [-0.05, 0) is 23.8 Å². The molecule has 4 nitrogen and oxygen atoms in total. The summed E-state index contributed by atoms with van der Waals surface area (Å²) in [5.74, 6) is -0.811. The van der Waals surface area contributed by atoms with Crippen molar-refractivity contribution in [3.05, 3.63) is 59.7 Å². The lowest BCUT2D eigenvalue weighted by Gasteiger charge is -2.22. The summed E-state index contributed by atoms with van der Waals surface area (Å²) in [6.45, 7) is 0. The van der Waals surface area contributed by atoms with Crippen molar-refractivity contribution >= 4 is 29.3 Å². The van der Waals surface area contributed by atoms with E-state index >= 15 is 0 Å². The quantitative estimate of drug-likeness (QED) is 0.870. The van der Waals surface area contributed by atoms with Gasteiger partial charge in [-0.25, -0.2) is 0 Å². The van der Waals surface area contributed by atoms with Gasteiger partial charge in [-0.2, -0.15) is 13.2 Å². The third-order valence-electron chi connectivity index (χ3n) is 3.61. The van der Waals surface area contributed by atoms with Crippen LogP contribution in [-0.2, 0) is 4.79 Å². The molecule has 0 fully saturated rings. The fourth-order valence-electron chi connectivity index (χ4n) is 2.44. The molecule has 0 aliphatic carbocycles. The van der Waals surface area contributed by atoms with Crippen LogP contribution in [0.2, 0.25) is 0 Å². The molecule has 8 heteroatoms. The van der Waals surface area contributed by atoms with Crippen molar-refractivity contribution < 1.29 is 22.8 Å². The van der Waals surface area contributed by atoms with Gasteiger partial charge in [-0.15, -0.1) is 11.8 Å². The Morgan fingerprint density at radius 3 is 2.56 bits per heavy atom. The summed E-state index contributed by atoms with van der Waals surface area (Å²) in [6, 6.07) is 9.50. The van der Waals surface area contributed by atoms with Crippen LogP contribution in [0, 0.1) is 0 Å². The van der Waals surface area contributed by atoms with Gasteiger partial charge in [0.05, 0.1) is 11.4 Å². The van der Waals surface area contributed by atoms with Gasteiger partial charge in [-0.1, -0.05) is 30.3 Å². The van der Waals surface area contributed by atoms with E-state index in [1.54, 1.807) is 12.1 Å². The molecule has 1 unspecified atom stereocenters. The molecule has 1 atom stereocenters. The standard InChI is InChI=1S/C17H13F3N2O2S/c18-17(19,20)15(10-4-2-1-3-5-10)22-16(24)11-6-7-13-12(8-11)21-14(23)9-25-13/h1-8,15H,9H2,(H,21,23)(H,22,24). The zero-order chi connectivity index (χ0) is 18.0. The molecule has 2 aromatic rings. The Labute approximate surface area is 145 Å². The van der Waals surface area contributed by atoms with Gasteiger partial charge in [-0.3, -0.25) is 9.59 Å². The summed E-state index contributed by atoms with van der Waals surface area (Å²) in [6.07, 6.45) is -4.63. The number of hydrogen-bond acceptors (Lipinski definition) is 3. The molecule has 3 rings (SSSR count). The maximum atomic E-state index is 13.3. The Balaban J connectivity index is 1.85. The second-order valence-corrected chi connectivity index (χ2v) is 6.42. The highest BCUT2D eigenvalue weighted by atomic mass is 32.2. The third kappa shape index (κ3) is 3.96. The predicted molar refractivity (Wildman–Crippen MR) is 88.5 cm³/mol. The number of amides is 2. The Kier molecular flexibility index (Phi) is 4.71. The van der Waals surface area contributed by atoms with Crippen molar-refractivity contribution in [1.29, 1.82) is 0 Å². The van der Waals surface area contributed by atoms with Crippen molar-refractivity contribution in [2.75, 3.05) is 11.1 Å². The number of nitrogens with one attached hydrogen (secondary N) is 2. The number of carbonyl (C=O) groups excluding carboxylic acids is 2. The summed E-state index contributed by atoms with van der Waals surface area (Å²) in [5, 5.41) is 4.63. The molecule has 130 valence electrons. The number of anilines is 1. The molecule has 25 heavy (non-hydrogen) atoms. The van der Waals surface area contributed by atoms with Gasteiger partial charge < -0.3 is 10.6 Å². The zero-order valence-corrected chi connectivity index (χ0v) is 13.6. The number of carbonyl (C=O) groups is 2. The number of halogens is 3. The molecule has 0 bridgehead atoms. The summed E-state index contributed by atoms with van der Waals surface area (Å²) >= 11 is 1.31. The van der Waals surface area contributed by atoms with Gasteiger partial charge in [0, 0.05) is 10.5 Å². The monoisotopic (exact) mass is 366 g/mol. The molecule has 2 N–H and O–H groups in total. The van der Waals surface area contributed by atoms with E-state index in [0.29, 0.717) is 5.69 Å². The average molecular weight is 366 g/mol. The molecule has 2 amide bonds. The van der Waals surface area contributed by atoms with E-state index in [1.165, 1.54) is 48.2 Å². The molecule has 1 heterocycles. The first-order valence-corrected chi connectivity index (χ1v) is 8.32. The molecular weight excluding hydrogens is 353 g/mol. The van der Waals surface area contributed by atoms with Crippen molar-refractivity contribution in [3.8, 4) is 0 Å². The van der Waals surface area contributed by atoms with Crippen LogP contribution in [0.5, 0.6) is 0 Å². The second-order valence-electron chi connectivity index (χ2n) is 5.41. The number of thioether (sulfide) groups is 1. The lowest BCUT2D eigenvalue weighted by Crippen LogP contribution is -2.38. The average Bonchev–Trinajstić information content (AvgIpc) is 2.58. The lowest BCUT2D eigenvalue weighted by molar-refractivity contribution is -0.155. The molecule has 1 aliphatic rings. The highest BCUT2D eigenvalue weighted by molar-refractivity contribution is 8.00. The maximum Gasteiger partial charge on any atom is 0.412 e. The maximum absolute atomic E-state index is 13.3. The van der Waals surface area contributed by atoms with E-state index in [2.05, 4.69) is 5.32 Å². The molecule has 0 spiro atoms. The largest absolute Gasteiger partial charge is 0.412 e. The van der Waals surface area contributed by atoms with Crippen molar-refractivity contribution in [3.63, 3.8) is 0 Å². The van der Waals surface area contributed by atoms with Gasteiger partial charge >= 0.3 is 6.18 Å². The number of benzene rings is 2. The minimum atomic E-state index is -4.63. The van der Waals surface area contributed by atoms with Gasteiger partial charge in [0.15, 0.2) is 6.04 Å². The lowest BCUT2D eigenvalue weighted by atomic mass is 10.1. The summed E-state index contributed by atoms with van der Waals surface area (Å²) < 4.78 is 40.0. The Bertz CT molecular complexity index is 809. The highest BCUT2D eigenvalue weighted by Crippen LogP contribution is 2.34. The topological polar surface area (TPSA) is 58.2 Å². The molecule has 0 radical (unpaired) electrons. The van der Waals surface area contributed by atoms with E-state index in [9.17, 15) is 22.8 Å². The van der Waals surface area contributed by atoms with Gasteiger partial charge in [0.1, 0.15) is 0 Å². The first-order chi connectivity index (χ1) is 11.8. The molecular formula is C17H13F3N2O2S. The van der Waals surface area contributed by atoms with E-state index in [0.717, 1.165) is 4.90 Å². The molecule has 1 aliphatic heterocycles. The minimum absolute atomic E-state index is 0.0479. The third-order valence-corrected chi connectivity index (χ3v) is 4.68. The predicted octanol–water partition coefficient (Wildman–Crippen LogP) is 3.76. The van der Waals surface area contributed by atoms with Crippen LogP contribution >= 0.6 is 11.8 Å². The minimum Gasteiger partial charge on any atom is -0.337 e. The number of fused-ring (bicyclic) bond motifs is 1. The van der Waals surface area contributed by atoms with Crippen molar-refractivity contribution in [2.45, 2.75) is 17.1 Å². The van der Waals surface area contributed by atoms with Crippen molar-refractivity contribution in [2.24, 2.45) is 0 Å². The van der Waals surface area contributed by atoms with Crippen LogP contribution in [-0.4, -0.2) is 23.7 Å². The number of alkyl halides is 3. The summed E-state index contributed by atoms with van der Waals surface area (Å²) in [4.78, 5) is 24.5. The summed E-state index contributed by atoms with van der Waals surface area (Å²) in [7, 11) is 0. The first kappa shape index (κ1) is 17.3. The smallest absolute Gasteiger partial charge is 0.337 e. The van der Waals surface area contributed by atoms with E-state index < -0.39 is 18.1 Å². The number of hydrogen-bond donors (Lipinski definition) is 2. The molecule has 2 aromatic carbocycles. The van der Waals surface area contributed by atoms with Crippen LogP contribution in [0.15, 0.2) is 53.4 Å². The van der Waals surface area contributed by atoms with Gasteiger partial charge in [0.25, 0.3) is 5.91 Å². The fraction of sp³-hybridized carbons (Fsp3) is 0.176. The van der Waals surface area contributed by atoms with Crippen LogP contribution in [0.4, 0.5) is 18.9 Å². The van der Waals surface area contributed by atoms with Crippen LogP contribution in [0.1, 0.15) is 22.0 Å². The second kappa shape index (κ2) is 6.79. The molecule has 0 aromatic heterocycles. The first-order valence-electron chi connectivity index (χ1n) is 7.34. The molecule has 0 saturated heterocycles.